The molecule has 2 aliphatic rings. The van der Waals surface area contributed by atoms with E-state index in [2.05, 4.69) is 11.8 Å². The summed E-state index contributed by atoms with van der Waals surface area (Å²) in [5, 5.41) is 10.6. The van der Waals surface area contributed by atoms with Gasteiger partial charge in [0.1, 0.15) is 0 Å². The summed E-state index contributed by atoms with van der Waals surface area (Å²) < 4.78 is 5.20. The highest BCUT2D eigenvalue weighted by atomic mass is 16.5. The molecule has 1 saturated carbocycles. The van der Waals surface area contributed by atoms with E-state index in [0.717, 1.165) is 51.6 Å². The highest BCUT2D eigenvalue weighted by Crippen LogP contribution is 2.39. The summed E-state index contributed by atoms with van der Waals surface area (Å²) in [4.78, 5) is 13.9. The number of fused-ring (bicyclic) bond motifs is 1. The minimum absolute atomic E-state index is 0.116. The van der Waals surface area contributed by atoms with E-state index in [4.69, 9.17) is 4.74 Å². The predicted molar refractivity (Wildman–Crippen MR) is 73.8 cm³/mol. The maximum absolute atomic E-state index is 11.7. The van der Waals surface area contributed by atoms with Crippen molar-refractivity contribution in [3.8, 4) is 0 Å². The lowest BCUT2D eigenvalue weighted by Gasteiger charge is -2.47. The van der Waals surface area contributed by atoms with Crippen molar-refractivity contribution in [1.82, 2.24) is 4.90 Å². The summed E-state index contributed by atoms with van der Waals surface area (Å²) in [6.45, 7) is 4.67. The Morgan fingerprint density at radius 2 is 2.26 bits per heavy atom. The standard InChI is InChI=1S/C15H27NO3/c1-2-3-10-19-14(17)12-16-9-8-15(18)7-5-4-6-13(15)11-16/h13,18H,2-12H2,1H3. The number of aliphatic hydroxyl groups is 1. The number of carbonyl (C=O) groups excluding carboxylic acids is 1. The van der Waals surface area contributed by atoms with Crippen molar-refractivity contribution >= 4 is 5.97 Å². The molecule has 110 valence electrons. The second-order valence-corrected chi connectivity index (χ2v) is 6.11. The summed E-state index contributed by atoms with van der Waals surface area (Å²) in [5.74, 6) is 0.230. The number of unbranched alkanes of at least 4 members (excludes halogenated alkanes) is 1. The molecule has 0 radical (unpaired) electrons. The van der Waals surface area contributed by atoms with Crippen LogP contribution in [0.2, 0.25) is 0 Å². The summed E-state index contributed by atoms with van der Waals surface area (Å²) in [7, 11) is 0. The van der Waals surface area contributed by atoms with Gasteiger partial charge in [-0.15, -0.1) is 0 Å². The van der Waals surface area contributed by atoms with Gasteiger partial charge in [0.25, 0.3) is 0 Å². The molecule has 1 aliphatic heterocycles. The zero-order valence-electron chi connectivity index (χ0n) is 12.1. The van der Waals surface area contributed by atoms with E-state index < -0.39 is 5.60 Å². The van der Waals surface area contributed by atoms with E-state index in [1.54, 1.807) is 0 Å². The van der Waals surface area contributed by atoms with Crippen LogP contribution in [0.1, 0.15) is 51.9 Å². The van der Waals surface area contributed by atoms with Crippen LogP contribution in [0.3, 0.4) is 0 Å². The third-order valence-electron chi connectivity index (χ3n) is 4.63. The number of nitrogens with zero attached hydrogens (tertiary/aromatic N) is 1. The van der Waals surface area contributed by atoms with Crippen molar-refractivity contribution in [3.05, 3.63) is 0 Å². The number of hydrogen-bond donors (Lipinski definition) is 1. The van der Waals surface area contributed by atoms with E-state index in [1.807, 2.05) is 0 Å². The molecule has 1 heterocycles. The lowest BCUT2D eigenvalue weighted by Crippen LogP contribution is -2.54. The van der Waals surface area contributed by atoms with Crippen LogP contribution in [0.4, 0.5) is 0 Å². The molecule has 2 fully saturated rings. The molecular weight excluding hydrogens is 242 g/mol. The first-order valence-electron chi connectivity index (χ1n) is 7.74. The fraction of sp³-hybridized carbons (Fsp3) is 0.933. The molecular formula is C15H27NO3. The van der Waals surface area contributed by atoms with Gasteiger partial charge >= 0.3 is 5.97 Å². The molecule has 1 N–H and O–H groups in total. The number of likely N-dealkylation sites (tertiary alicyclic amines) is 1. The van der Waals surface area contributed by atoms with Crippen LogP contribution in [-0.4, -0.2) is 47.8 Å². The van der Waals surface area contributed by atoms with Crippen molar-refractivity contribution in [2.24, 2.45) is 5.92 Å². The molecule has 0 spiro atoms. The maximum Gasteiger partial charge on any atom is 0.320 e. The van der Waals surface area contributed by atoms with E-state index in [0.29, 0.717) is 19.1 Å². The van der Waals surface area contributed by atoms with Crippen LogP contribution in [-0.2, 0) is 9.53 Å². The third-order valence-corrected chi connectivity index (χ3v) is 4.63. The second kappa shape index (κ2) is 6.71. The molecule has 1 saturated heterocycles. The number of rotatable bonds is 5. The molecule has 0 bridgehead atoms. The molecule has 0 aromatic carbocycles. The zero-order chi connectivity index (χ0) is 13.7. The molecule has 0 amide bonds. The molecule has 0 aromatic rings. The number of carbonyl (C=O) groups is 1. The smallest absolute Gasteiger partial charge is 0.320 e. The Bertz CT molecular complexity index is 308. The number of ether oxygens (including phenoxy) is 1. The van der Waals surface area contributed by atoms with E-state index in [-0.39, 0.29) is 5.97 Å². The van der Waals surface area contributed by atoms with Crippen LogP contribution in [0.5, 0.6) is 0 Å². The van der Waals surface area contributed by atoms with Crippen molar-refractivity contribution in [2.45, 2.75) is 57.5 Å². The van der Waals surface area contributed by atoms with Gasteiger partial charge in [-0.2, -0.15) is 0 Å². The van der Waals surface area contributed by atoms with Crippen LogP contribution < -0.4 is 0 Å². The minimum atomic E-state index is -0.457. The van der Waals surface area contributed by atoms with Gasteiger partial charge < -0.3 is 9.84 Å². The lowest BCUT2D eigenvalue weighted by molar-refractivity contribution is -0.148. The Balaban J connectivity index is 1.76. The maximum atomic E-state index is 11.7. The lowest BCUT2D eigenvalue weighted by atomic mass is 9.71. The minimum Gasteiger partial charge on any atom is -0.465 e. The highest BCUT2D eigenvalue weighted by molar-refractivity contribution is 5.71. The van der Waals surface area contributed by atoms with Gasteiger partial charge in [0.05, 0.1) is 18.8 Å². The average Bonchev–Trinajstić information content (AvgIpc) is 2.39. The topological polar surface area (TPSA) is 49.8 Å². The van der Waals surface area contributed by atoms with Crippen LogP contribution in [0.15, 0.2) is 0 Å². The van der Waals surface area contributed by atoms with Gasteiger partial charge in [-0.05, 0) is 25.7 Å². The van der Waals surface area contributed by atoms with Gasteiger partial charge in [0.2, 0.25) is 0 Å². The number of esters is 1. The Labute approximate surface area is 116 Å². The Kier molecular flexibility index (Phi) is 5.22. The van der Waals surface area contributed by atoms with Gasteiger partial charge in [-0.3, -0.25) is 9.69 Å². The molecule has 4 nitrogen and oxygen atoms in total. The van der Waals surface area contributed by atoms with Gasteiger partial charge in [0.15, 0.2) is 0 Å². The number of hydrogen-bond acceptors (Lipinski definition) is 4. The summed E-state index contributed by atoms with van der Waals surface area (Å²) in [6.07, 6.45) is 7.18. The zero-order valence-corrected chi connectivity index (χ0v) is 12.1. The average molecular weight is 269 g/mol. The SMILES string of the molecule is CCCCOC(=O)CN1CCC2(O)CCCCC2C1. The van der Waals surface area contributed by atoms with Gasteiger partial charge in [0, 0.05) is 19.0 Å². The largest absolute Gasteiger partial charge is 0.465 e. The molecule has 19 heavy (non-hydrogen) atoms. The molecule has 4 heteroatoms. The molecule has 2 rings (SSSR count). The summed E-state index contributed by atoms with van der Waals surface area (Å²) in [6, 6.07) is 0. The van der Waals surface area contributed by atoms with Gasteiger partial charge in [-0.25, -0.2) is 0 Å². The van der Waals surface area contributed by atoms with Crippen LogP contribution in [0, 0.1) is 5.92 Å². The van der Waals surface area contributed by atoms with Crippen molar-refractivity contribution in [1.29, 1.82) is 0 Å². The van der Waals surface area contributed by atoms with E-state index >= 15 is 0 Å². The Hall–Kier alpha value is -0.610. The van der Waals surface area contributed by atoms with E-state index in [9.17, 15) is 9.90 Å². The van der Waals surface area contributed by atoms with E-state index in [1.165, 1.54) is 6.42 Å². The monoisotopic (exact) mass is 269 g/mol. The quantitative estimate of drug-likeness (QED) is 0.612. The molecule has 2 unspecified atom stereocenters. The Morgan fingerprint density at radius 3 is 3.05 bits per heavy atom. The summed E-state index contributed by atoms with van der Waals surface area (Å²) >= 11 is 0. The molecule has 1 aliphatic carbocycles. The van der Waals surface area contributed by atoms with Crippen LogP contribution in [0.25, 0.3) is 0 Å². The normalized spacial score (nSPS) is 31.8. The first-order chi connectivity index (χ1) is 9.14. The fourth-order valence-electron chi connectivity index (χ4n) is 3.34. The number of piperidine rings is 1. The van der Waals surface area contributed by atoms with Crippen molar-refractivity contribution in [3.63, 3.8) is 0 Å². The summed E-state index contributed by atoms with van der Waals surface area (Å²) in [5.41, 5.74) is -0.457. The third kappa shape index (κ3) is 3.93. The molecule has 2 atom stereocenters. The van der Waals surface area contributed by atoms with Crippen LogP contribution >= 0.6 is 0 Å². The first-order valence-corrected chi connectivity index (χ1v) is 7.74. The predicted octanol–water partition coefficient (Wildman–Crippen LogP) is 1.96. The first kappa shape index (κ1) is 14.8. The highest BCUT2D eigenvalue weighted by Gasteiger charge is 2.42. The molecule has 0 aromatic heterocycles. The fourth-order valence-corrected chi connectivity index (χ4v) is 3.34. The van der Waals surface area contributed by atoms with Crippen molar-refractivity contribution in [2.75, 3.05) is 26.2 Å². The van der Waals surface area contributed by atoms with Crippen molar-refractivity contribution < 1.29 is 14.6 Å². The second-order valence-electron chi connectivity index (χ2n) is 6.11. The Morgan fingerprint density at radius 1 is 1.42 bits per heavy atom. The van der Waals surface area contributed by atoms with Gasteiger partial charge in [-0.1, -0.05) is 26.2 Å².